The molecule has 144 valence electrons. The predicted octanol–water partition coefficient (Wildman–Crippen LogP) is 1.00. The molecule has 27 heavy (non-hydrogen) atoms. The number of hydrogen-bond acceptors (Lipinski definition) is 6. The van der Waals surface area contributed by atoms with E-state index in [0.717, 1.165) is 12.8 Å². The van der Waals surface area contributed by atoms with E-state index < -0.39 is 18.0 Å². The number of fused-ring (bicyclic) bond motifs is 4. The number of benzene rings is 1. The number of anilines is 1. The van der Waals surface area contributed by atoms with Crippen molar-refractivity contribution < 1.29 is 28.7 Å². The first-order valence-corrected chi connectivity index (χ1v) is 8.59. The van der Waals surface area contributed by atoms with Crippen LogP contribution < -0.4 is 10.6 Å². The lowest BCUT2D eigenvalue weighted by atomic mass is 9.96. The van der Waals surface area contributed by atoms with Crippen LogP contribution >= 0.6 is 0 Å². The van der Waals surface area contributed by atoms with Crippen LogP contribution in [-0.4, -0.2) is 62.1 Å². The number of ether oxygens (including phenoxy) is 2. The van der Waals surface area contributed by atoms with E-state index in [4.69, 9.17) is 0 Å². The first kappa shape index (κ1) is 18.7. The Morgan fingerprint density at radius 2 is 1.67 bits per heavy atom. The molecule has 0 aliphatic carbocycles. The van der Waals surface area contributed by atoms with Crippen molar-refractivity contribution in [2.45, 2.75) is 18.9 Å². The Bertz CT molecular complexity index is 759. The Labute approximate surface area is 156 Å². The number of esters is 2. The van der Waals surface area contributed by atoms with Gasteiger partial charge in [-0.15, -0.1) is 0 Å². The quantitative estimate of drug-likeness (QED) is 0.762. The van der Waals surface area contributed by atoms with Gasteiger partial charge in [0.15, 0.2) is 0 Å². The summed E-state index contributed by atoms with van der Waals surface area (Å²) in [5.74, 6) is -1.53. The molecule has 3 heterocycles. The number of urea groups is 1. The maximum absolute atomic E-state index is 12.7. The molecule has 3 aliphatic rings. The number of carbonyl (C=O) groups excluding carboxylic acids is 4. The zero-order chi connectivity index (χ0) is 19.6. The van der Waals surface area contributed by atoms with Gasteiger partial charge >= 0.3 is 18.0 Å². The van der Waals surface area contributed by atoms with Gasteiger partial charge < -0.3 is 25.0 Å². The third-order valence-electron chi connectivity index (χ3n) is 4.78. The van der Waals surface area contributed by atoms with E-state index in [9.17, 15) is 19.2 Å². The summed E-state index contributed by atoms with van der Waals surface area (Å²) in [7, 11) is 2.45. The minimum Gasteiger partial charge on any atom is -0.465 e. The molecule has 3 amide bonds. The molecular weight excluding hydrogens is 354 g/mol. The van der Waals surface area contributed by atoms with E-state index in [2.05, 4.69) is 20.1 Å². The van der Waals surface area contributed by atoms with Crippen molar-refractivity contribution in [3.63, 3.8) is 0 Å². The summed E-state index contributed by atoms with van der Waals surface area (Å²) in [6.07, 6.45) is 1.59. The molecule has 1 aromatic rings. The standard InChI is InChI=1S/C18H21N3O6/c1-26-16(23)11-5-12(17(24)27-2)7-14(6-11)20-18(25)21-8-10-3-4-13(9-21)19-15(10)22/h5-7,10,13H,3-4,8-9H2,1-2H3,(H,19,22)(H,20,25)/t10-,13+/m0/s1. The summed E-state index contributed by atoms with van der Waals surface area (Å²) >= 11 is 0. The maximum Gasteiger partial charge on any atom is 0.337 e. The van der Waals surface area contributed by atoms with E-state index in [1.54, 1.807) is 4.90 Å². The van der Waals surface area contributed by atoms with Gasteiger partial charge in [-0.1, -0.05) is 0 Å². The lowest BCUT2D eigenvalue weighted by Gasteiger charge is -2.23. The predicted molar refractivity (Wildman–Crippen MR) is 94.4 cm³/mol. The molecule has 1 aromatic carbocycles. The number of carbonyl (C=O) groups is 4. The highest BCUT2D eigenvalue weighted by Crippen LogP contribution is 2.24. The largest absolute Gasteiger partial charge is 0.465 e. The van der Waals surface area contributed by atoms with Crippen LogP contribution in [0.3, 0.4) is 0 Å². The topological polar surface area (TPSA) is 114 Å². The van der Waals surface area contributed by atoms with E-state index in [-0.39, 0.29) is 34.7 Å². The van der Waals surface area contributed by atoms with Crippen LogP contribution in [0.5, 0.6) is 0 Å². The van der Waals surface area contributed by atoms with Gasteiger partial charge in [-0.2, -0.15) is 0 Å². The average molecular weight is 375 g/mol. The van der Waals surface area contributed by atoms with Crippen molar-refractivity contribution in [2.24, 2.45) is 5.92 Å². The van der Waals surface area contributed by atoms with Crippen LogP contribution in [0.1, 0.15) is 33.6 Å². The second-order valence-corrected chi connectivity index (χ2v) is 6.60. The molecule has 0 saturated carbocycles. The fourth-order valence-corrected chi connectivity index (χ4v) is 3.38. The number of rotatable bonds is 3. The molecule has 3 saturated heterocycles. The Morgan fingerprint density at radius 3 is 2.22 bits per heavy atom. The summed E-state index contributed by atoms with van der Waals surface area (Å²) in [5.41, 5.74) is 0.492. The Kier molecular flexibility index (Phi) is 5.29. The highest BCUT2D eigenvalue weighted by Gasteiger charge is 2.36. The number of nitrogens with zero attached hydrogens (tertiary/aromatic N) is 1. The van der Waals surface area contributed by atoms with Gasteiger partial charge in [-0.05, 0) is 31.0 Å². The third kappa shape index (κ3) is 4.02. The first-order valence-electron chi connectivity index (χ1n) is 8.59. The number of nitrogens with one attached hydrogen (secondary N) is 2. The van der Waals surface area contributed by atoms with Crippen LogP contribution in [0.15, 0.2) is 18.2 Å². The lowest BCUT2D eigenvalue weighted by molar-refractivity contribution is -0.126. The van der Waals surface area contributed by atoms with Gasteiger partial charge in [0.1, 0.15) is 0 Å². The van der Waals surface area contributed by atoms with Crippen molar-refractivity contribution in [1.82, 2.24) is 10.2 Å². The fraction of sp³-hybridized carbons (Fsp3) is 0.444. The summed E-state index contributed by atoms with van der Waals surface area (Å²) in [5, 5.41) is 5.60. The van der Waals surface area contributed by atoms with Gasteiger partial charge in [0.05, 0.1) is 31.3 Å². The zero-order valence-electron chi connectivity index (χ0n) is 15.1. The summed E-state index contributed by atoms with van der Waals surface area (Å²) in [6, 6.07) is 3.72. The first-order chi connectivity index (χ1) is 12.9. The van der Waals surface area contributed by atoms with Crippen molar-refractivity contribution in [2.75, 3.05) is 32.6 Å². The molecule has 2 atom stereocenters. The molecule has 2 N–H and O–H groups in total. The van der Waals surface area contributed by atoms with Crippen LogP contribution in [0.4, 0.5) is 10.5 Å². The molecule has 4 rings (SSSR count). The smallest absolute Gasteiger partial charge is 0.337 e. The van der Waals surface area contributed by atoms with Crippen molar-refractivity contribution in [1.29, 1.82) is 0 Å². The minimum atomic E-state index is -0.640. The van der Waals surface area contributed by atoms with E-state index in [0.29, 0.717) is 13.1 Å². The van der Waals surface area contributed by atoms with Crippen molar-refractivity contribution in [3.05, 3.63) is 29.3 Å². The third-order valence-corrected chi connectivity index (χ3v) is 4.78. The monoisotopic (exact) mass is 375 g/mol. The number of piperidine rings is 1. The number of amides is 3. The second kappa shape index (κ2) is 7.65. The van der Waals surface area contributed by atoms with Gasteiger partial charge in [0.25, 0.3) is 0 Å². The van der Waals surface area contributed by atoms with E-state index in [1.165, 1.54) is 32.4 Å². The molecule has 9 heteroatoms. The molecule has 0 aromatic heterocycles. The highest BCUT2D eigenvalue weighted by atomic mass is 16.5. The minimum absolute atomic E-state index is 0.0257. The van der Waals surface area contributed by atoms with Crippen molar-refractivity contribution in [3.8, 4) is 0 Å². The summed E-state index contributed by atoms with van der Waals surface area (Å²) < 4.78 is 9.37. The average Bonchev–Trinajstić information content (AvgIpc) is 2.97. The maximum atomic E-state index is 12.7. The second-order valence-electron chi connectivity index (χ2n) is 6.60. The van der Waals surface area contributed by atoms with Crippen LogP contribution in [-0.2, 0) is 14.3 Å². The van der Waals surface area contributed by atoms with Gasteiger partial charge in [0.2, 0.25) is 5.91 Å². The van der Waals surface area contributed by atoms with Crippen molar-refractivity contribution >= 4 is 29.6 Å². The molecular formula is C18H21N3O6. The number of methoxy groups -OCH3 is 2. The van der Waals surface area contributed by atoms with Crippen LogP contribution in [0, 0.1) is 5.92 Å². The van der Waals surface area contributed by atoms with Gasteiger partial charge in [-0.25, -0.2) is 14.4 Å². The highest BCUT2D eigenvalue weighted by molar-refractivity contribution is 5.99. The molecule has 0 radical (unpaired) electrons. The van der Waals surface area contributed by atoms with Crippen LogP contribution in [0.2, 0.25) is 0 Å². The van der Waals surface area contributed by atoms with Crippen LogP contribution in [0.25, 0.3) is 0 Å². The molecule has 0 unspecified atom stereocenters. The lowest BCUT2D eigenvalue weighted by Crippen LogP contribution is -2.44. The Morgan fingerprint density at radius 1 is 1.04 bits per heavy atom. The Hall–Kier alpha value is -3.10. The van der Waals surface area contributed by atoms with Gasteiger partial charge in [0, 0.05) is 24.8 Å². The van der Waals surface area contributed by atoms with Gasteiger partial charge in [-0.3, -0.25) is 4.79 Å². The van der Waals surface area contributed by atoms with E-state index >= 15 is 0 Å². The molecule has 9 nitrogen and oxygen atoms in total. The van der Waals surface area contributed by atoms with E-state index in [1.807, 2.05) is 0 Å². The molecule has 2 bridgehead atoms. The molecule has 3 aliphatic heterocycles. The molecule has 3 fully saturated rings. The number of hydrogen-bond donors (Lipinski definition) is 2. The SMILES string of the molecule is COC(=O)c1cc(NC(=O)N2C[C@H]3CC[C@@H](C2)C(=O)N3)cc(C(=O)OC)c1. The molecule has 0 spiro atoms. The fourth-order valence-electron chi connectivity index (χ4n) is 3.38. The Balaban J connectivity index is 1.81. The normalized spacial score (nSPS) is 21.1. The zero-order valence-corrected chi connectivity index (χ0v) is 15.1. The summed E-state index contributed by atoms with van der Waals surface area (Å²) in [4.78, 5) is 49.9. The summed E-state index contributed by atoms with van der Waals surface area (Å²) in [6.45, 7) is 0.739.